The van der Waals surface area contributed by atoms with Gasteiger partial charge in [0.2, 0.25) is 0 Å². The van der Waals surface area contributed by atoms with E-state index in [9.17, 15) is 0 Å². The average Bonchev–Trinajstić information content (AvgIpc) is 3.72. The predicted octanol–water partition coefficient (Wildman–Crippen LogP) is 12.8. The van der Waals surface area contributed by atoms with Crippen molar-refractivity contribution in [3.8, 4) is 0 Å². The number of methoxy groups -OCH3 is 1. The Balaban J connectivity index is 1.07. The van der Waals surface area contributed by atoms with Gasteiger partial charge in [0.15, 0.2) is 6.29 Å². The lowest BCUT2D eigenvalue weighted by Crippen LogP contribution is -2.68. The smallest absolute Gasteiger partial charge is 0.261 e. The summed E-state index contributed by atoms with van der Waals surface area (Å²) in [7, 11) is -1.48. The lowest BCUT2D eigenvalue weighted by atomic mass is 9.92. The fraction of sp³-hybridized carbons (Fsp3) is 0.306. The molecule has 0 aliphatic carbocycles. The van der Waals surface area contributed by atoms with Gasteiger partial charge in [-0.2, -0.15) is 0 Å². The molecule has 430 valence electrons. The van der Waals surface area contributed by atoms with Gasteiger partial charge >= 0.3 is 0 Å². The molecule has 2 aliphatic heterocycles. The second-order valence-corrected chi connectivity index (χ2v) is 26.6. The first-order valence-corrected chi connectivity index (χ1v) is 30.9. The van der Waals surface area contributed by atoms with E-state index in [0.29, 0.717) is 26.4 Å². The molecule has 10 nitrogen and oxygen atoms in total. The molecule has 2 fully saturated rings. The Bertz CT molecular complexity index is 3080. The summed E-state index contributed by atoms with van der Waals surface area (Å²) in [6.07, 6.45) is -3.05. The van der Waals surface area contributed by atoms with Gasteiger partial charge in [0, 0.05) is 7.11 Å². The van der Waals surface area contributed by atoms with Gasteiger partial charge in [-0.15, -0.1) is 0 Å². The average molecular weight is 1130 g/mol. The van der Waals surface area contributed by atoms with E-state index in [0.717, 1.165) is 43.8 Å². The molecule has 0 saturated carbocycles. The van der Waals surface area contributed by atoms with Gasteiger partial charge in [0.25, 0.3) is 8.32 Å². The zero-order chi connectivity index (χ0) is 57.1. The van der Waals surface area contributed by atoms with Crippen LogP contribution in [0, 0.1) is 0 Å². The van der Waals surface area contributed by atoms with Crippen molar-refractivity contribution < 1.29 is 47.1 Å². The SMILES string of the molecule is CO[C@H]1O[C@H](/C=C/[C@@H]2O[C@H](CO[Si](c3ccccc3)(c3ccccc3)C(C)(C)C)[C@@H](OCc3ccccc3)[C@H](OCc3ccccc3)[C@H]2OCc2ccccc2)[C@@H](OCc2ccccc2)[C@H](OCc2ccccc2)[C@H]1OCc1ccccc1. The van der Waals surface area contributed by atoms with Crippen LogP contribution in [-0.4, -0.2) is 83.3 Å². The van der Waals surface area contributed by atoms with Crippen molar-refractivity contribution in [2.24, 2.45) is 0 Å². The highest BCUT2D eigenvalue weighted by Crippen LogP contribution is 2.39. The zero-order valence-corrected chi connectivity index (χ0v) is 49.1. The van der Waals surface area contributed by atoms with E-state index >= 15 is 0 Å². The van der Waals surface area contributed by atoms with E-state index in [1.54, 1.807) is 7.11 Å². The van der Waals surface area contributed by atoms with Crippen molar-refractivity contribution in [2.45, 2.75) is 127 Å². The monoisotopic (exact) mass is 1130 g/mol. The molecular weight excluding hydrogens is 1050 g/mol. The van der Waals surface area contributed by atoms with Gasteiger partial charge in [-0.1, -0.05) is 276 Å². The van der Waals surface area contributed by atoms with E-state index in [1.165, 1.54) is 0 Å². The van der Waals surface area contributed by atoms with E-state index < -0.39 is 69.5 Å². The lowest BCUT2D eigenvalue weighted by Gasteiger charge is -2.48. The van der Waals surface area contributed by atoms with Crippen LogP contribution in [-0.2, 0) is 86.7 Å². The van der Waals surface area contributed by atoms with Gasteiger partial charge < -0.3 is 47.1 Å². The molecule has 2 saturated heterocycles. The summed E-state index contributed by atoms with van der Waals surface area (Å²) in [5, 5.41) is 2.00. The van der Waals surface area contributed by atoms with Gasteiger partial charge in [0.05, 0.1) is 46.2 Å². The van der Waals surface area contributed by atoms with Gasteiger partial charge in [-0.25, -0.2) is 0 Å². The maximum atomic E-state index is 7.79. The summed E-state index contributed by atoms with van der Waals surface area (Å²) in [5.74, 6) is 0. The molecular formula is C72H78O10Si. The number of hydrogen-bond donors (Lipinski definition) is 0. The van der Waals surface area contributed by atoms with Gasteiger partial charge in [-0.05, 0) is 48.8 Å². The minimum absolute atomic E-state index is 0.179. The Kier molecular flexibility index (Phi) is 21.3. The fourth-order valence-electron chi connectivity index (χ4n) is 11.3. The molecule has 0 amide bonds. The van der Waals surface area contributed by atoms with Crippen LogP contribution in [0.25, 0.3) is 0 Å². The number of ether oxygens (including phenoxy) is 9. The highest BCUT2D eigenvalue weighted by atomic mass is 28.4. The molecule has 10 atom stereocenters. The van der Waals surface area contributed by atoms with Gasteiger partial charge in [0.1, 0.15) is 54.9 Å². The summed E-state index contributed by atoms with van der Waals surface area (Å²) in [5.41, 5.74) is 6.05. The van der Waals surface area contributed by atoms with Crippen LogP contribution in [0.15, 0.2) is 255 Å². The molecule has 10 rings (SSSR count). The molecule has 0 aromatic heterocycles. The summed E-state index contributed by atoms with van der Waals surface area (Å²) in [4.78, 5) is 0. The van der Waals surface area contributed by atoms with Crippen LogP contribution in [0.5, 0.6) is 0 Å². The van der Waals surface area contributed by atoms with E-state index in [1.807, 2.05) is 133 Å². The highest BCUT2D eigenvalue weighted by molar-refractivity contribution is 6.99. The molecule has 0 spiro atoms. The minimum Gasteiger partial charge on any atom is -0.405 e. The standard InChI is InChI=1S/C72H78O10Si/c1-72(2,3)83(60-41-25-11-26-42-60,61-43-27-12-28-44-61)80-53-64-67(76-49-56-33-17-7-18-34-56)68(77-50-57-35-19-8-20-36-57)65(74-47-54-29-13-5-14-30-54)62(81-64)45-46-63-66(75-48-55-31-15-6-16-32-55)69(78-51-58-37-21-9-22-38-58)70(71(73-4)82-63)79-52-59-39-23-10-24-40-59/h5-46,62-71H,47-53H2,1-4H3/b46-45+/t62-,63+,64+,65-,66+,67+,68+,69-,70+,71-/m0/s1. The number of hydrogen-bond acceptors (Lipinski definition) is 10. The first kappa shape index (κ1) is 59.5. The summed E-state index contributed by atoms with van der Waals surface area (Å²) in [6, 6.07) is 82.4. The second-order valence-electron chi connectivity index (χ2n) is 22.3. The summed E-state index contributed by atoms with van der Waals surface area (Å²) in [6.45, 7) is 8.81. The van der Waals surface area contributed by atoms with Crippen LogP contribution in [0.4, 0.5) is 0 Å². The first-order chi connectivity index (χ1) is 40.8. The minimum atomic E-state index is -3.12. The Morgan fingerprint density at radius 3 is 0.952 bits per heavy atom. The molecule has 2 heterocycles. The van der Waals surface area contributed by atoms with Crippen LogP contribution in [0.3, 0.4) is 0 Å². The molecule has 0 radical (unpaired) electrons. The molecule has 83 heavy (non-hydrogen) atoms. The third kappa shape index (κ3) is 15.6. The van der Waals surface area contributed by atoms with Crippen LogP contribution >= 0.6 is 0 Å². The molecule has 8 aromatic carbocycles. The first-order valence-electron chi connectivity index (χ1n) is 29.0. The second kappa shape index (κ2) is 29.7. The number of benzene rings is 8. The Labute approximate surface area is 492 Å². The summed E-state index contributed by atoms with van der Waals surface area (Å²) < 4.78 is 71.3. The quantitative estimate of drug-likeness (QED) is 0.0386. The van der Waals surface area contributed by atoms with Crippen molar-refractivity contribution in [2.75, 3.05) is 13.7 Å². The van der Waals surface area contributed by atoms with E-state index in [-0.39, 0.29) is 24.9 Å². The zero-order valence-electron chi connectivity index (χ0n) is 48.1. The molecule has 0 N–H and O–H groups in total. The predicted molar refractivity (Wildman–Crippen MR) is 327 cm³/mol. The van der Waals surface area contributed by atoms with Crippen molar-refractivity contribution in [1.29, 1.82) is 0 Å². The van der Waals surface area contributed by atoms with Crippen LogP contribution in [0.2, 0.25) is 5.04 Å². The third-order valence-electron chi connectivity index (χ3n) is 15.5. The van der Waals surface area contributed by atoms with Crippen molar-refractivity contribution >= 4 is 18.7 Å². The van der Waals surface area contributed by atoms with Crippen LogP contribution < -0.4 is 10.4 Å². The molecule has 2 aliphatic rings. The van der Waals surface area contributed by atoms with Gasteiger partial charge in [-0.3, -0.25) is 0 Å². The molecule has 0 unspecified atom stereocenters. The van der Waals surface area contributed by atoms with Crippen LogP contribution in [0.1, 0.15) is 54.2 Å². The maximum Gasteiger partial charge on any atom is 0.261 e. The van der Waals surface area contributed by atoms with E-state index in [2.05, 4.69) is 142 Å². The lowest BCUT2D eigenvalue weighted by molar-refractivity contribution is -0.309. The van der Waals surface area contributed by atoms with Crippen molar-refractivity contribution in [3.63, 3.8) is 0 Å². The molecule has 8 aromatic rings. The fourth-order valence-corrected chi connectivity index (χ4v) is 15.9. The Morgan fingerprint density at radius 2 is 0.627 bits per heavy atom. The normalized spacial score (nSPS) is 23.0. The maximum absolute atomic E-state index is 7.79. The highest BCUT2D eigenvalue weighted by Gasteiger charge is 2.54. The van der Waals surface area contributed by atoms with Crippen molar-refractivity contribution in [3.05, 3.63) is 288 Å². The van der Waals surface area contributed by atoms with E-state index in [4.69, 9.17) is 47.1 Å². The largest absolute Gasteiger partial charge is 0.405 e. The molecule has 11 heteroatoms. The topological polar surface area (TPSA) is 92.3 Å². The third-order valence-corrected chi connectivity index (χ3v) is 20.5. The molecule has 0 bridgehead atoms. The summed E-state index contributed by atoms with van der Waals surface area (Å²) >= 11 is 0. The van der Waals surface area contributed by atoms with Crippen molar-refractivity contribution in [1.82, 2.24) is 0 Å². The Morgan fingerprint density at radius 1 is 0.349 bits per heavy atom. The Hall–Kier alpha value is -6.68. The number of rotatable bonds is 26.